The highest BCUT2D eigenvalue weighted by molar-refractivity contribution is 6.47. The van der Waals surface area contributed by atoms with Crippen LogP contribution in [0.25, 0.3) is 16.6 Å². The van der Waals surface area contributed by atoms with Gasteiger partial charge in [-0.05, 0) is 48.0 Å². The number of ketones is 1. The molecule has 4 aromatic rings. The van der Waals surface area contributed by atoms with Crippen LogP contribution in [-0.2, 0) is 14.3 Å². The third kappa shape index (κ3) is 4.17. The Morgan fingerprint density at radius 3 is 2.25 bits per heavy atom. The molecule has 0 bridgehead atoms. The Labute approximate surface area is 209 Å². The van der Waals surface area contributed by atoms with E-state index < -0.39 is 17.5 Å². The van der Waals surface area contributed by atoms with Gasteiger partial charge in [-0.3, -0.25) is 9.59 Å². The number of Topliss-reactive ketones (excluding diaryl/α,β-unsaturated/α-hetero) is 1. The van der Waals surface area contributed by atoms with Gasteiger partial charge in [-0.15, -0.1) is 0 Å². The Bertz CT molecular complexity index is 1400. The molecule has 2 aromatic carbocycles. The number of nitrogens with one attached hydrogen (secondary N) is 1. The molecule has 2 aliphatic heterocycles. The fourth-order valence-corrected chi connectivity index (χ4v) is 5.14. The molecule has 182 valence electrons. The normalized spacial score (nSPS) is 16.9. The molecule has 0 atom stereocenters. The molecule has 6 rings (SSSR count). The van der Waals surface area contributed by atoms with Gasteiger partial charge in [-0.25, -0.2) is 0 Å². The van der Waals surface area contributed by atoms with Gasteiger partial charge in [0.25, 0.3) is 11.7 Å². The summed E-state index contributed by atoms with van der Waals surface area (Å²) in [7, 11) is 0. The first-order valence-corrected chi connectivity index (χ1v) is 12.3. The van der Waals surface area contributed by atoms with Crippen LogP contribution in [0.3, 0.4) is 0 Å². The highest BCUT2D eigenvalue weighted by Crippen LogP contribution is 2.33. The van der Waals surface area contributed by atoms with Crippen LogP contribution in [0.5, 0.6) is 0 Å². The number of ether oxygens (including phenoxy) is 2. The van der Waals surface area contributed by atoms with E-state index in [1.54, 1.807) is 4.40 Å². The van der Waals surface area contributed by atoms with Crippen LogP contribution < -0.4 is 10.2 Å². The number of carbonyl (C=O) groups excluding carboxylic acids is 2. The van der Waals surface area contributed by atoms with Crippen molar-refractivity contribution in [2.75, 3.05) is 36.5 Å². The molecule has 0 radical (unpaired) electrons. The summed E-state index contributed by atoms with van der Waals surface area (Å²) in [6, 6.07) is 24.9. The van der Waals surface area contributed by atoms with Crippen LogP contribution in [0.1, 0.15) is 23.3 Å². The Morgan fingerprint density at radius 2 is 1.53 bits per heavy atom. The Morgan fingerprint density at radius 1 is 0.833 bits per heavy atom. The van der Waals surface area contributed by atoms with Gasteiger partial charge < -0.3 is 24.1 Å². The first-order chi connectivity index (χ1) is 17.6. The van der Waals surface area contributed by atoms with Gasteiger partial charge in [0, 0.05) is 54.6 Å². The number of hydrogen-bond donors (Lipinski definition) is 1. The maximum Gasteiger partial charge on any atom is 0.298 e. The minimum absolute atomic E-state index is 0.351. The van der Waals surface area contributed by atoms with Crippen molar-refractivity contribution >= 4 is 28.6 Å². The van der Waals surface area contributed by atoms with Crippen LogP contribution in [0.4, 0.5) is 11.4 Å². The second-order valence-electron chi connectivity index (χ2n) is 9.19. The van der Waals surface area contributed by atoms with Crippen molar-refractivity contribution in [2.24, 2.45) is 0 Å². The van der Waals surface area contributed by atoms with E-state index in [9.17, 15) is 9.59 Å². The van der Waals surface area contributed by atoms with E-state index in [0.717, 1.165) is 48.3 Å². The van der Waals surface area contributed by atoms with Gasteiger partial charge >= 0.3 is 0 Å². The lowest BCUT2D eigenvalue weighted by Gasteiger charge is -2.38. The van der Waals surface area contributed by atoms with Gasteiger partial charge in [-0.1, -0.05) is 36.4 Å². The number of amides is 1. The summed E-state index contributed by atoms with van der Waals surface area (Å²) in [5, 5.41) is 2.78. The lowest BCUT2D eigenvalue weighted by atomic mass is 10.0. The molecule has 2 aromatic heterocycles. The third-order valence-electron chi connectivity index (χ3n) is 7.01. The summed E-state index contributed by atoms with van der Waals surface area (Å²) in [6.07, 6.45) is 3.46. The number of fused-ring (bicyclic) bond motifs is 1. The number of pyridine rings is 1. The van der Waals surface area contributed by atoms with E-state index in [2.05, 4.69) is 10.2 Å². The predicted octanol–water partition coefficient (Wildman–Crippen LogP) is 4.77. The zero-order chi connectivity index (χ0) is 24.5. The zero-order valence-electron chi connectivity index (χ0n) is 19.9. The summed E-state index contributed by atoms with van der Waals surface area (Å²) in [4.78, 5) is 28.7. The van der Waals surface area contributed by atoms with E-state index >= 15 is 0 Å². The summed E-state index contributed by atoms with van der Waals surface area (Å²) in [5.74, 6) is -1.66. The minimum atomic E-state index is -0.667. The molecule has 4 heterocycles. The lowest BCUT2D eigenvalue weighted by molar-refractivity contribution is -0.169. The van der Waals surface area contributed by atoms with Crippen LogP contribution in [0, 0.1) is 0 Å². The first kappa shape index (κ1) is 22.5. The molecule has 0 saturated carbocycles. The third-order valence-corrected chi connectivity index (χ3v) is 7.01. The van der Waals surface area contributed by atoms with Crippen molar-refractivity contribution in [3.05, 3.63) is 90.8 Å². The fraction of sp³-hybridized carbons (Fsp3) is 0.241. The van der Waals surface area contributed by atoms with Crippen LogP contribution >= 0.6 is 0 Å². The molecule has 7 heteroatoms. The number of aromatic nitrogens is 1. The molecule has 1 amide bonds. The van der Waals surface area contributed by atoms with E-state index in [4.69, 9.17) is 9.47 Å². The highest BCUT2D eigenvalue weighted by Gasteiger charge is 2.39. The highest BCUT2D eigenvalue weighted by atomic mass is 16.7. The largest absolute Gasteiger partial charge is 0.371 e. The van der Waals surface area contributed by atoms with Gasteiger partial charge in [0.05, 0.1) is 13.2 Å². The number of nitrogens with zero attached hydrogens (tertiary/aromatic N) is 2. The molecule has 1 spiro atoms. The lowest BCUT2D eigenvalue weighted by Crippen LogP contribution is -2.45. The molecule has 0 unspecified atom stereocenters. The van der Waals surface area contributed by atoms with E-state index in [1.165, 1.54) is 0 Å². The summed E-state index contributed by atoms with van der Waals surface area (Å²) < 4.78 is 13.4. The van der Waals surface area contributed by atoms with E-state index in [0.29, 0.717) is 24.6 Å². The molecular formula is C29H27N3O4. The van der Waals surface area contributed by atoms with Crippen molar-refractivity contribution in [1.29, 1.82) is 0 Å². The molecule has 2 fully saturated rings. The number of piperidine rings is 1. The van der Waals surface area contributed by atoms with Crippen LogP contribution in [0.2, 0.25) is 0 Å². The maximum atomic E-state index is 13.4. The van der Waals surface area contributed by atoms with Gasteiger partial charge in [-0.2, -0.15) is 0 Å². The van der Waals surface area contributed by atoms with Crippen molar-refractivity contribution in [2.45, 2.75) is 18.6 Å². The van der Waals surface area contributed by atoms with Gasteiger partial charge in [0.2, 0.25) is 0 Å². The van der Waals surface area contributed by atoms with E-state index in [-0.39, 0.29) is 0 Å². The number of carbonyl (C=O) groups is 2. The quantitative estimate of drug-likeness (QED) is 0.328. The molecule has 2 aliphatic rings. The SMILES string of the molecule is O=C(Nc1ccc(N2CCC3(CC2)OCCO3)cc1)C(=O)c1c(-c2ccccc2)cc2ccccn12. The minimum Gasteiger partial charge on any atom is -0.371 e. The van der Waals surface area contributed by atoms with Crippen LogP contribution in [0.15, 0.2) is 85.1 Å². The predicted molar refractivity (Wildman–Crippen MR) is 138 cm³/mol. The average Bonchev–Trinajstić information content (AvgIpc) is 3.54. The second-order valence-corrected chi connectivity index (χ2v) is 9.19. The molecule has 36 heavy (non-hydrogen) atoms. The summed E-state index contributed by atoms with van der Waals surface area (Å²) >= 11 is 0. The van der Waals surface area contributed by atoms with Crippen molar-refractivity contribution < 1.29 is 19.1 Å². The number of anilines is 2. The molecule has 7 nitrogen and oxygen atoms in total. The average molecular weight is 482 g/mol. The summed E-state index contributed by atoms with van der Waals surface area (Å²) in [6.45, 7) is 3.01. The molecular weight excluding hydrogens is 454 g/mol. The Kier molecular flexibility index (Phi) is 5.79. The molecule has 1 N–H and O–H groups in total. The topological polar surface area (TPSA) is 72.3 Å². The smallest absolute Gasteiger partial charge is 0.298 e. The van der Waals surface area contributed by atoms with Crippen molar-refractivity contribution in [1.82, 2.24) is 4.40 Å². The maximum absolute atomic E-state index is 13.4. The van der Waals surface area contributed by atoms with Gasteiger partial charge in [0.1, 0.15) is 5.69 Å². The monoisotopic (exact) mass is 481 g/mol. The van der Waals surface area contributed by atoms with E-state index in [1.807, 2.05) is 85.1 Å². The first-order valence-electron chi connectivity index (χ1n) is 12.3. The van der Waals surface area contributed by atoms with Crippen LogP contribution in [-0.4, -0.2) is 48.2 Å². The van der Waals surface area contributed by atoms with Crippen molar-refractivity contribution in [3.63, 3.8) is 0 Å². The van der Waals surface area contributed by atoms with Gasteiger partial charge in [0.15, 0.2) is 5.79 Å². The Balaban J connectivity index is 1.19. The number of rotatable bonds is 5. The second kappa shape index (κ2) is 9.26. The standard InChI is InChI=1S/C29H27N3O4/c33-27(26-25(21-6-2-1-3-7-21)20-24-8-4-5-15-32(24)26)28(34)30-22-9-11-23(12-10-22)31-16-13-29(14-17-31)35-18-19-36-29/h1-12,15,20H,13-14,16-19H2,(H,30,34). The number of benzene rings is 2. The molecule has 0 aliphatic carbocycles. The Hall–Kier alpha value is -3.94. The zero-order valence-corrected chi connectivity index (χ0v) is 19.9. The summed E-state index contributed by atoms with van der Waals surface area (Å²) in [5.41, 5.74) is 4.47. The number of hydrogen-bond acceptors (Lipinski definition) is 5. The fourth-order valence-electron chi connectivity index (χ4n) is 5.14. The van der Waals surface area contributed by atoms with Crippen molar-refractivity contribution in [3.8, 4) is 11.1 Å². The molecule has 2 saturated heterocycles.